The lowest BCUT2D eigenvalue weighted by molar-refractivity contribution is -0.146. The highest BCUT2D eigenvalue weighted by atomic mass is 35.5. The first-order chi connectivity index (χ1) is 7.74. The molecule has 1 rings (SSSR count). The van der Waals surface area contributed by atoms with Gasteiger partial charge in [-0.1, -0.05) is 6.07 Å². The average molecular weight is 261 g/mol. The summed E-state index contributed by atoms with van der Waals surface area (Å²) in [6, 6.07) is 3.02. The monoisotopic (exact) mass is 260 g/mol. The molecule has 1 aromatic rings. The van der Waals surface area contributed by atoms with Crippen LogP contribution in [0.4, 0.5) is 0 Å². The number of aromatic nitrogens is 1. The molecule has 0 spiro atoms. The Morgan fingerprint density at radius 2 is 2.29 bits per heavy atom. The number of nitrogens with zero attached hydrogens (tertiary/aromatic N) is 1. The third-order valence-electron chi connectivity index (χ3n) is 2.01. The second kappa shape index (κ2) is 8.92. The number of methoxy groups -OCH3 is 1. The van der Waals surface area contributed by atoms with E-state index in [1.807, 2.05) is 6.07 Å². The number of esters is 1. The normalized spacial score (nSPS) is 11.4. The maximum absolute atomic E-state index is 11.4. The van der Waals surface area contributed by atoms with Crippen LogP contribution in [0.2, 0.25) is 0 Å². The van der Waals surface area contributed by atoms with Gasteiger partial charge in [0.2, 0.25) is 0 Å². The third kappa shape index (κ3) is 6.21. The molecule has 0 unspecified atom stereocenters. The van der Waals surface area contributed by atoms with Gasteiger partial charge >= 0.3 is 5.97 Å². The standard InChI is InChI=1S/C11H16N2O3.ClH/c1-15-5-6-16-11(14)10(12)7-9-3-2-4-13-8-9;/h2-4,8,10H,5-7,12H2,1H3;1H/t10-;/m1./s1. The molecule has 1 atom stereocenters. The Morgan fingerprint density at radius 3 is 2.88 bits per heavy atom. The van der Waals surface area contributed by atoms with Gasteiger partial charge in [0.1, 0.15) is 12.6 Å². The minimum absolute atomic E-state index is 0. The van der Waals surface area contributed by atoms with Gasteiger partial charge in [0.05, 0.1) is 6.61 Å². The zero-order chi connectivity index (χ0) is 11.8. The number of pyridine rings is 1. The van der Waals surface area contributed by atoms with E-state index in [1.54, 1.807) is 25.6 Å². The summed E-state index contributed by atoms with van der Waals surface area (Å²) in [5.74, 6) is -0.416. The molecule has 0 saturated heterocycles. The van der Waals surface area contributed by atoms with Crippen molar-refractivity contribution in [3.05, 3.63) is 30.1 Å². The highest BCUT2D eigenvalue weighted by Crippen LogP contribution is 2.01. The predicted octanol–water partition coefficient (Wildman–Crippen LogP) is 0.563. The Labute approximate surface area is 107 Å². The van der Waals surface area contributed by atoms with Crippen LogP contribution in [0.25, 0.3) is 0 Å². The first-order valence-electron chi connectivity index (χ1n) is 5.04. The van der Waals surface area contributed by atoms with Crippen LogP contribution in [0.1, 0.15) is 5.56 Å². The van der Waals surface area contributed by atoms with Gasteiger partial charge in [0.15, 0.2) is 0 Å². The zero-order valence-corrected chi connectivity index (χ0v) is 10.5. The van der Waals surface area contributed by atoms with Crippen molar-refractivity contribution in [3.8, 4) is 0 Å². The predicted molar refractivity (Wildman–Crippen MR) is 66.0 cm³/mol. The van der Waals surface area contributed by atoms with E-state index in [4.69, 9.17) is 15.2 Å². The minimum Gasteiger partial charge on any atom is -0.462 e. The largest absolute Gasteiger partial charge is 0.462 e. The Balaban J connectivity index is 0.00000256. The summed E-state index contributed by atoms with van der Waals surface area (Å²) >= 11 is 0. The molecule has 5 nitrogen and oxygen atoms in total. The van der Waals surface area contributed by atoms with E-state index in [1.165, 1.54) is 0 Å². The Bertz CT molecular complexity index is 322. The maximum atomic E-state index is 11.4. The van der Waals surface area contributed by atoms with Crippen molar-refractivity contribution < 1.29 is 14.3 Å². The van der Waals surface area contributed by atoms with Gasteiger partial charge in [-0.15, -0.1) is 12.4 Å². The van der Waals surface area contributed by atoms with Crippen LogP contribution in [0.15, 0.2) is 24.5 Å². The highest BCUT2D eigenvalue weighted by molar-refractivity contribution is 5.85. The number of rotatable bonds is 6. The Hall–Kier alpha value is -1.17. The van der Waals surface area contributed by atoms with E-state index < -0.39 is 12.0 Å². The molecule has 0 fully saturated rings. The van der Waals surface area contributed by atoms with Gasteiger partial charge in [-0.3, -0.25) is 9.78 Å². The van der Waals surface area contributed by atoms with E-state index in [2.05, 4.69) is 4.98 Å². The van der Waals surface area contributed by atoms with Crippen molar-refractivity contribution in [1.29, 1.82) is 0 Å². The van der Waals surface area contributed by atoms with Crippen LogP contribution >= 0.6 is 12.4 Å². The molecule has 1 aromatic heterocycles. The number of carbonyl (C=O) groups is 1. The molecule has 0 saturated carbocycles. The van der Waals surface area contributed by atoms with Crippen LogP contribution in [0, 0.1) is 0 Å². The van der Waals surface area contributed by atoms with Crippen molar-refractivity contribution in [2.45, 2.75) is 12.5 Å². The summed E-state index contributed by atoms with van der Waals surface area (Å²) in [6.07, 6.45) is 3.79. The molecular weight excluding hydrogens is 244 g/mol. The van der Waals surface area contributed by atoms with Gasteiger partial charge in [0.25, 0.3) is 0 Å². The summed E-state index contributed by atoms with van der Waals surface area (Å²) in [5.41, 5.74) is 6.60. The highest BCUT2D eigenvalue weighted by Gasteiger charge is 2.15. The van der Waals surface area contributed by atoms with Crippen molar-refractivity contribution in [2.75, 3.05) is 20.3 Å². The second-order valence-corrected chi connectivity index (χ2v) is 3.33. The Morgan fingerprint density at radius 1 is 1.53 bits per heavy atom. The molecule has 6 heteroatoms. The fraction of sp³-hybridized carbons (Fsp3) is 0.455. The number of halogens is 1. The summed E-state index contributed by atoms with van der Waals surface area (Å²) in [6.45, 7) is 0.613. The fourth-order valence-corrected chi connectivity index (χ4v) is 1.19. The van der Waals surface area contributed by atoms with E-state index in [9.17, 15) is 4.79 Å². The molecular formula is C11H17ClN2O3. The minimum atomic E-state index is -0.652. The van der Waals surface area contributed by atoms with Gasteiger partial charge in [-0.05, 0) is 18.1 Å². The van der Waals surface area contributed by atoms with Crippen molar-refractivity contribution >= 4 is 18.4 Å². The molecule has 0 aliphatic heterocycles. The topological polar surface area (TPSA) is 74.4 Å². The summed E-state index contributed by atoms with van der Waals surface area (Å²) in [4.78, 5) is 15.3. The van der Waals surface area contributed by atoms with Gasteiger partial charge in [-0.2, -0.15) is 0 Å². The lowest BCUT2D eigenvalue weighted by Crippen LogP contribution is -2.35. The maximum Gasteiger partial charge on any atom is 0.323 e. The first kappa shape index (κ1) is 15.8. The van der Waals surface area contributed by atoms with E-state index in [-0.39, 0.29) is 19.0 Å². The number of hydrogen-bond acceptors (Lipinski definition) is 5. The van der Waals surface area contributed by atoms with Crippen LogP contribution in [-0.4, -0.2) is 37.3 Å². The second-order valence-electron chi connectivity index (χ2n) is 3.33. The van der Waals surface area contributed by atoms with Crippen LogP contribution in [-0.2, 0) is 20.7 Å². The van der Waals surface area contributed by atoms with Gasteiger partial charge in [-0.25, -0.2) is 0 Å². The summed E-state index contributed by atoms with van der Waals surface area (Å²) < 4.78 is 9.67. The average Bonchev–Trinajstić information content (AvgIpc) is 2.30. The van der Waals surface area contributed by atoms with Crippen molar-refractivity contribution in [1.82, 2.24) is 4.98 Å². The Kier molecular flexibility index (Phi) is 8.31. The molecule has 17 heavy (non-hydrogen) atoms. The molecule has 0 aliphatic carbocycles. The summed E-state index contributed by atoms with van der Waals surface area (Å²) in [5, 5.41) is 0. The van der Waals surface area contributed by atoms with Gasteiger partial charge < -0.3 is 15.2 Å². The summed E-state index contributed by atoms with van der Waals surface area (Å²) in [7, 11) is 1.55. The molecule has 0 aliphatic rings. The molecule has 0 radical (unpaired) electrons. The molecule has 1 heterocycles. The lowest BCUT2D eigenvalue weighted by atomic mass is 10.1. The van der Waals surface area contributed by atoms with Gasteiger partial charge in [0, 0.05) is 19.5 Å². The zero-order valence-electron chi connectivity index (χ0n) is 9.67. The van der Waals surface area contributed by atoms with Crippen LogP contribution in [0.3, 0.4) is 0 Å². The molecule has 0 bridgehead atoms. The third-order valence-corrected chi connectivity index (χ3v) is 2.01. The number of carbonyl (C=O) groups excluding carboxylic acids is 1. The SMILES string of the molecule is COCCOC(=O)[C@H](N)Cc1cccnc1.Cl. The van der Waals surface area contributed by atoms with Crippen molar-refractivity contribution in [3.63, 3.8) is 0 Å². The fourth-order valence-electron chi connectivity index (χ4n) is 1.19. The van der Waals surface area contributed by atoms with E-state index >= 15 is 0 Å². The molecule has 0 aromatic carbocycles. The molecule has 2 N–H and O–H groups in total. The van der Waals surface area contributed by atoms with E-state index in [0.29, 0.717) is 13.0 Å². The van der Waals surface area contributed by atoms with E-state index in [0.717, 1.165) is 5.56 Å². The van der Waals surface area contributed by atoms with Crippen molar-refractivity contribution in [2.24, 2.45) is 5.73 Å². The quantitative estimate of drug-likeness (QED) is 0.598. The van der Waals surface area contributed by atoms with Crippen LogP contribution < -0.4 is 5.73 Å². The smallest absolute Gasteiger partial charge is 0.323 e. The molecule has 0 amide bonds. The number of nitrogens with two attached hydrogens (primary N) is 1. The van der Waals surface area contributed by atoms with Crippen LogP contribution in [0.5, 0.6) is 0 Å². The number of hydrogen-bond donors (Lipinski definition) is 1. The lowest BCUT2D eigenvalue weighted by Gasteiger charge is -2.10. The number of ether oxygens (including phenoxy) is 2. The molecule has 96 valence electrons. The first-order valence-corrected chi connectivity index (χ1v) is 5.04.